The van der Waals surface area contributed by atoms with Gasteiger partial charge in [0.15, 0.2) is 0 Å². The molecule has 0 saturated heterocycles. The maximum absolute atomic E-state index is 11.4. The Kier molecular flexibility index (Phi) is 2.23. The van der Waals surface area contributed by atoms with E-state index in [2.05, 4.69) is 4.98 Å². The predicted molar refractivity (Wildman–Crippen MR) is 52.3 cm³/mol. The van der Waals surface area contributed by atoms with Crippen LogP contribution in [-0.4, -0.2) is 18.1 Å². The van der Waals surface area contributed by atoms with E-state index in [0.29, 0.717) is 11.5 Å². The lowest BCUT2D eigenvalue weighted by atomic mass is 10.1. The van der Waals surface area contributed by atoms with E-state index in [-0.39, 0.29) is 5.97 Å². The van der Waals surface area contributed by atoms with Crippen LogP contribution in [0.4, 0.5) is 0 Å². The fourth-order valence-corrected chi connectivity index (χ4v) is 1.51. The van der Waals surface area contributed by atoms with Gasteiger partial charge in [0.05, 0.1) is 18.4 Å². The smallest absolute Gasteiger partial charge is 0.339 e. The molecule has 0 N–H and O–H groups in total. The van der Waals surface area contributed by atoms with Crippen molar-refractivity contribution in [3.05, 3.63) is 29.1 Å². The molecule has 0 radical (unpaired) electrons. The van der Waals surface area contributed by atoms with Crippen molar-refractivity contribution in [2.75, 3.05) is 7.11 Å². The summed E-state index contributed by atoms with van der Waals surface area (Å²) in [7, 11) is 1.39. The van der Waals surface area contributed by atoms with Gasteiger partial charge in [0.25, 0.3) is 0 Å². The second-order valence-electron chi connectivity index (χ2n) is 3.67. The van der Waals surface area contributed by atoms with Gasteiger partial charge in [0.1, 0.15) is 0 Å². The molecule has 1 aromatic rings. The van der Waals surface area contributed by atoms with Crippen LogP contribution in [-0.2, 0) is 4.74 Å². The molecule has 1 aliphatic carbocycles. The second kappa shape index (κ2) is 3.40. The van der Waals surface area contributed by atoms with Crippen LogP contribution in [0.5, 0.6) is 0 Å². The van der Waals surface area contributed by atoms with Crippen LogP contribution in [0.3, 0.4) is 0 Å². The Balaban J connectivity index is 2.36. The number of methoxy groups -OCH3 is 1. The van der Waals surface area contributed by atoms with Crippen LogP contribution in [0, 0.1) is 6.92 Å². The molecule has 74 valence electrons. The summed E-state index contributed by atoms with van der Waals surface area (Å²) in [5.74, 6) is 0.323. The molecule has 0 atom stereocenters. The van der Waals surface area contributed by atoms with Crippen molar-refractivity contribution in [1.82, 2.24) is 4.98 Å². The minimum absolute atomic E-state index is 0.294. The van der Waals surface area contributed by atoms with Crippen LogP contribution >= 0.6 is 0 Å². The van der Waals surface area contributed by atoms with Crippen molar-refractivity contribution in [3.63, 3.8) is 0 Å². The molecule has 0 unspecified atom stereocenters. The molecule has 0 aromatic carbocycles. The van der Waals surface area contributed by atoms with Crippen molar-refractivity contribution < 1.29 is 9.53 Å². The molecule has 1 saturated carbocycles. The summed E-state index contributed by atoms with van der Waals surface area (Å²) in [6, 6.07) is 1.91. The highest BCUT2D eigenvalue weighted by atomic mass is 16.5. The number of ether oxygens (including phenoxy) is 1. The van der Waals surface area contributed by atoms with Crippen LogP contribution in [0.1, 0.15) is 40.4 Å². The molecule has 0 spiro atoms. The monoisotopic (exact) mass is 191 g/mol. The highest BCUT2D eigenvalue weighted by Crippen LogP contribution is 2.40. The van der Waals surface area contributed by atoms with Crippen LogP contribution in [0.2, 0.25) is 0 Å². The number of pyridine rings is 1. The third kappa shape index (κ3) is 1.62. The van der Waals surface area contributed by atoms with E-state index in [1.54, 1.807) is 0 Å². The summed E-state index contributed by atoms with van der Waals surface area (Å²) in [4.78, 5) is 15.6. The van der Waals surface area contributed by atoms with Gasteiger partial charge in [-0.1, -0.05) is 0 Å². The SMILES string of the molecule is COC(=O)c1cc(C2CC2)cnc1C. The number of hydrogen-bond donors (Lipinski definition) is 0. The summed E-state index contributed by atoms with van der Waals surface area (Å²) in [5.41, 5.74) is 2.49. The van der Waals surface area contributed by atoms with Crippen molar-refractivity contribution >= 4 is 5.97 Å². The summed E-state index contributed by atoms with van der Waals surface area (Å²) < 4.78 is 4.69. The van der Waals surface area contributed by atoms with Crippen molar-refractivity contribution in [1.29, 1.82) is 0 Å². The molecule has 1 aliphatic rings. The fraction of sp³-hybridized carbons (Fsp3) is 0.455. The number of esters is 1. The number of nitrogens with zero attached hydrogens (tertiary/aromatic N) is 1. The average molecular weight is 191 g/mol. The van der Waals surface area contributed by atoms with Crippen molar-refractivity contribution in [2.24, 2.45) is 0 Å². The topological polar surface area (TPSA) is 39.2 Å². The molecule has 1 aromatic heterocycles. The summed E-state index contributed by atoms with van der Waals surface area (Å²) in [6.45, 7) is 1.82. The first-order valence-corrected chi connectivity index (χ1v) is 4.77. The first kappa shape index (κ1) is 9.19. The molecule has 1 fully saturated rings. The normalized spacial score (nSPS) is 15.3. The largest absolute Gasteiger partial charge is 0.465 e. The maximum atomic E-state index is 11.4. The van der Waals surface area contributed by atoms with Gasteiger partial charge in [-0.2, -0.15) is 0 Å². The van der Waals surface area contributed by atoms with Crippen LogP contribution in [0.25, 0.3) is 0 Å². The molecule has 0 aliphatic heterocycles. The van der Waals surface area contributed by atoms with E-state index in [0.717, 1.165) is 11.3 Å². The first-order chi connectivity index (χ1) is 6.72. The Morgan fingerprint density at radius 1 is 1.57 bits per heavy atom. The lowest BCUT2D eigenvalue weighted by molar-refractivity contribution is 0.0599. The van der Waals surface area contributed by atoms with E-state index in [1.807, 2.05) is 19.2 Å². The lowest BCUT2D eigenvalue weighted by Crippen LogP contribution is -2.06. The van der Waals surface area contributed by atoms with Crippen LogP contribution < -0.4 is 0 Å². The number of carbonyl (C=O) groups excluding carboxylic acids is 1. The Labute approximate surface area is 83.1 Å². The minimum Gasteiger partial charge on any atom is -0.465 e. The molecular weight excluding hydrogens is 178 g/mol. The summed E-state index contributed by atoms with van der Waals surface area (Å²) in [6.07, 6.45) is 4.29. The molecule has 3 heteroatoms. The highest BCUT2D eigenvalue weighted by Gasteiger charge is 2.25. The minimum atomic E-state index is -0.294. The van der Waals surface area contributed by atoms with Gasteiger partial charge in [0, 0.05) is 6.20 Å². The molecule has 0 bridgehead atoms. The van der Waals surface area contributed by atoms with Gasteiger partial charge < -0.3 is 4.74 Å². The summed E-state index contributed by atoms with van der Waals surface area (Å²) >= 11 is 0. The molecule has 3 nitrogen and oxygen atoms in total. The Hall–Kier alpha value is -1.38. The Bertz CT molecular complexity index is 370. The predicted octanol–water partition coefficient (Wildman–Crippen LogP) is 2.05. The molecule has 14 heavy (non-hydrogen) atoms. The van der Waals surface area contributed by atoms with Gasteiger partial charge in [0.2, 0.25) is 0 Å². The number of aryl methyl sites for hydroxylation is 1. The van der Waals surface area contributed by atoms with E-state index in [9.17, 15) is 4.79 Å². The highest BCUT2D eigenvalue weighted by molar-refractivity contribution is 5.90. The second-order valence-corrected chi connectivity index (χ2v) is 3.67. The number of rotatable bonds is 2. The van der Waals surface area contributed by atoms with Gasteiger partial charge in [-0.25, -0.2) is 4.79 Å². The zero-order valence-corrected chi connectivity index (χ0v) is 8.41. The standard InChI is InChI=1S/C11H13NO2/c1-7-10(11(13)14-2)5-9(6-12-7)8-3-4-8/h5-6,8H,3-4H2,1-2H3. The zero-order valence-electron chi connectivity index (χ0n) is 8.41. The first-order valence-electron chi connectivity index (χ1n) is 4.77. The molecule has 0 amide bonds. The van der Waals surface area contributed by atoms with E-state index < -0.39 is 0 Å². The van der Waals surface area contributed by atoms with Gasteiger partial charge in [-0.15, -0.1) is 0 Å². The molecule has 1 heterocycles. The fourth-order valence-electron chi connectivity index (χ4n) is 1.51. The van der Waals surface area contributed by atoms with Gasteiger partial charge in [-0.05, 0) is 37.3 Å². The van der Waals surface area contributed by atoms with E-state index in [1.165, 1.54) is 20.0 Å². The van der Waals surface area contributed by atoms with Crippen molar-refractivity contribution in [3.8, 4) is 0 Å². The zero-order chi connectivity index (χ0) is 10.1. The van der Waals surface area contributed by atoms with Gasteiger partial charge >= 0.3 is 5.97 Å². The third-order valence-electron chi connectivity index (χ3n) is 2.56. The van der Waals surface area contributed by atoms with E-state index >= 15 is 0 Å². The van der Waals surface area contributed by atoms with Gasteiger partial charge in [-0.3, -0.25) is 4.98 Å². The Morgan fingerprint density at radius 3 is 2.86 bits per heavy atom. The molecule has 2 rings (SSSR count). The Morgan fingerprint density at radius 2 is 2.29 bits per heavy atom. The number of aromatic nitrogens is 1. The summed E-state index contributed by atoms with van der Waals surface area (Å²) in [5, 5.41) is 0. The third-order valence-corrected chi connectivity index (χ3v) is 2.56. The quantitative estimate of drug-likeness (QED) is 0.671. The lowest BCUT2D eigenvalue weighted by Gasteiger charge is -2.05. The maximum Gasteiger partial charge on any atom is 0.339 e. The van der Waals surface area contributed by atoms with E-state index in [4.69, 9.17) is 4.74 Å². The number of hydrogen-bond acceptors (Lipinski definition) is 3. The average Bonchev–Trinajstić information content (AvgIpc) is 3.01. The van der Waals surface area contributed by atoms with Crippen molar-refractivity contribution in [2.45, 2.75) is 25.7 Å². The number of carbonyl (C=O) groups is 1. The van der Waals surface area contributed by atoms with Crippen LogP contribution in [0.15, 0.2) is 12.3 Å². The molecular formula is C11H13NO2.